The van der Waals surface area contributed by atoms with E-state index in [-0.39, 0.29) is 47.4 Å². The Hall–Kier alpha value is -5.08. The van der Waals surface area contributed by atoms with Gasteiger partial charge in [0, 0.05) is 81.4 Å². The van der Waals surface area contributed by atoms with Crippen molar-refractivity contribution >= 4 is 35.7 Å². The molecule has 1 N–H and O–H groups in total. The molecule has 4 unspecified atom stereocenters. The summed E-state index contributed by atoms with van der Waals surface area (Å²) >= 11 is 0. The number of pyridine rings is 1. The third-order valence-electron chi connectivity index (χ3n) is 14.7. The molecule has 12 nitrogen and oxygen atoms in total. The maximum absolute atomic E-state index is 18.0. The average molecular weight is 990 g/mol. The molecule has 5 heterocycles. The molecule has 0 radical (unpaired) electrons. The van der Waals surface area contributed by atoms with Crippen LogP contribution in [-0.2, 0) is 20.8 Å². The predicted octanol–water partition coefficient (Wildman–Crippen LogP) is 10.5. The number of benzene rings is 3. The molecular weight excluding hydrogens is 917 g/mol. The number of carbonyl (C=O) groups excluding carboxylic acids is 1. The standard InChI is InChI=1S/C56H73F2N7O5Si/c1-35(2)71(36(3)4,37(5)6)26-20-43-46(57)18-17-40-27-42(69-34-67-11)29-44(48(40)43)51-49(58)52-45(30-59-51)50(47-28-41-19-21-65(62-47)53(41)54(66)70-56(8,9)10)60-55(61-52)68-33-38(7)31-63-22-24-64(25-23-63)32-39-15-13-12-14-16-39/h12-18,27,29-30,35-38,41,47,53,62H,19,21-25,28,31-34H2,1-11H3/t38-,41?,47?,53?/m1/s1. The first kappa shape index (κ1) is 52.2. The Kier molecular flexibility index (Phi) is 16.2. The number of piperazine rings is 1. The van der Waals surface area contributed by atoms with Gasteiger partial charge in [-0.1, -0.05) is 90.8 Å². The van der Waals surface area contributed by atoms with Gasteiger partial charge in [0.1, 0.15) is 42.5 Å². The second-order valence-corrected chi connectivity index (χ2v) is 27.5. The Morgan fingerprint density at radius 3 is 2.27 bits per heavy atom. The zero-order valence-corrected chi connectivity index (χ0v) is 44.6. The van der Waals surface area contributed by atoms with Crippen LogP contribution in [0, 0.1) is 34.9 Å². The minimum atomic E-state index is -2.32. The highest BCUT2D eigenvalue weighted by Crippen LogP contribution is 2.44. The largest absolute Gasteiger partial charge is 0.468 e. The first-order chi connectivity index (χ1) is 33.9. The molecule has 3 aromatic carbocycles. The number of rotatable bonds is 16. The van der Waals surface area contributed by atoms with Crippen molar-refractivity contribution in [2.24, 2.45) is 11.8 Å². The van der Waals surface area contributed by atoms with Crippen LogP contribution in [0.1, 0.15) is 105 Å². The Balaban J connectivity index is 1.18. The quantitative estimate of drug-likeness (QED) is 0.0439. The third-order valence-corrected chi connectivity index (χ3v) is 21.0. The number of methoxy groups -OCH3 is 1. The second-order valence-electron chi connectivity index (χ2n) is 21.9. The van der Waals surface area contributed by atoms with E-state index in [0.717, 1.165) is 45.7 Å². The fourth-order valence-electron chi connectivity index (χ4n) is 11.5. The van der Waals surface area contributed by atoms with E-state index in [2.05, 4.69) is 99.4 Å². The van der Waals surface area contributed by atoms with Crippen LogP contribution in [0.3, 0.4) is 0 Å². The summed E-state index contributed by atoms with van der Waals surface area (Å²) in [5, 5.41) is 3.38. The monoisotopic (exact) mass is 990 g/mol. The van der Waals surface area contributed by atoms with Crippen LogP contribution in [0.2, 0.25) is 16.6 Å². The summed E-state index contributed by atoms with van der Waals surface area (Å²) in [6.45, 7) is 27.5. The first-order valence-corrected chi connectivity index (χ1v) is 27.7. The molecule has 2 bridgehead atoms. The van der Waals surface area contributed by atoms with Crippen LogP contribution < -0.4 is 14.9 Å². The van der Waals surface area contributed by atoms with Crippen molar-refractivity contribution in [1.29, 1.82) is 0 Å². The van der Waals surface area contributed by atoms with E-state index in [0.29, 0.717) is 69.4 Å². The molecule has 3 aliphatic rings. The van der Waals surface area contributed by atoms with E-state index in [1.807, 2.05) is 31.8 Å². The van der Waals surface area contributed by atoms with Crippen molar-refractivity contribution in [1.82, 2.24) is 35.2 Å². The lowest BCUT2D eigenvalue weighted by Gasteiger charge is -2.38. The molecule has 3 fully saturated rings. The molecule has 0 aliphatic carbocycles. The Labute approximate surface area is 420 Å². The van der Waals surface area contributed by atoms with Crippen LogP contribution in [0.4, 0.5) is 8.78 Å². The fourth-order valence-corrected chi connectivity index (χ4v) is 16.7. The van der Waals surface area contributed by atoms with E-state index >= 15 is 8.78 Å². The Morgan fingerprint density at radius 1 is 0.901 bits per heavy atom. The molecule has 2 aromatic heterocycles. The summed E-state index contributed by atoms with van der Waals surface area (Å²) in [5.41, 5.74) is 9.85. The average Bonchev–Trinajstić information content (AvgIpc) is 3.60. The maximum atomic E-state index is 18.0. The number of fused-ring (bicyclic) bond motifs is 4. The van der Waals surface area contributed by atoms with Crippen LogP contribution >= 0.6 is 0 Å². The SMILES string of the molecule is COCOc1cc(-c2ncc3c(C4CC5CCN(N4)C5C(=O)OC(C)(C)C)nc(OC[C@H](C)CN4CCN(Cc5ccccc5)CC4)nc3c2F)c2c(C#C[Si](C(C)C)(C(C)C)C(C)C)c(F)ccc2c1. The van der Waals surface area contributed by atoms with E-state index in [1.54, 1.807) is 24.4 Å². The fraction of sp³-hybridized carbons (Fsp3) is 0.536. The molecule has 5 atom stereocenters. The van der Waals surface area contributed by atoms with Gasteiger partial charge in [0.05, 0.1) is 23.9 Å². The molecule has 0 saturated carbocycles. The molecule has 71 heavy (non-hydrogen) atoms. The molecule has 15 heteroatoms. The highest BCUT2D eigenvalue weighted by molar-refractivity contribution is 6.90. The molecule has 0 spiro atoms. The number of nitrogens with one attached hydrogen (secondary N) is 1. The summed E-state index contributed by atoms with van der Waals surface area (Å²) in [7, 11) is -0.799. The second kappa shape index (κ2) is 22.0. The summed E-state index contributed by atoms with van der Waals surface area (Å²) in [4.78, 5) is 33.1. The van der Waals surface area contributed by atoms with Gasteiger partial charge in [0.15, 0.2) is 12.6 Å². The van der Waals surface area contributed by atoms with Gasteiger partial charge in [-0.2, -0.15) is 9.97 Å². The number of halogens is 2. The van der Waals surface area contributed by atoms with E-state index in [4.69, 9.17) is 33.9 Å². The van der Waals surface area contributed by atoms with Gasteiger partial charge in [0.25, 0.3) is 0 Å². The Bertz CT molecular complexity index is 2720. The number of ether oxygens (including phenoxy) is 4. The van der Waals surface area contributed by atoms with Crippen LogP contribution in [0.25, 0.3) is 32.9 Å². The van der Waals surface area contributed by atoms with E-state index in [9.17, 15) is 4.79 Å². The number of hydrogen-bond acceptors (Lipinski definition) is 12. The van der Waals surface area contributed by atoms with Crippen LogP contribution in [-0.4, -0.2) is 115 Å². The smallest absolute Gasteiger partial charge is 0.325 e. The summed E-state index contributed by atoms with van der Waals surface area (Å²) in [6, 6.07) is 16.3. The Morgan fingerprint density at radius 2 is 1.61 bits per heavy atom. The lowest BCUT2D eigenvalue weighted by atomic mass is 9.89. The molecule has 8 rings (SSSR count). The van der Waals surface area contributed by atoms with E-state index < -0.39 is 37.4 Å². The van der Waals surface area contributed by atoms with Crippen molar-refractivity contribution in [3.63, 3.8) is 0 Å². The molecular formula is C56H73F2N7O5Si. The molecule has 3 aliphatic heterocycles. The van der Waals surface area contributed by atoms with Gasteiger partial charge in [-0.25, -0.2) is 19.2 Å². The normalized spacial score (nSPS) is 20.5. The summed E-state index contributed by atoms with van der Waals surface area (Å²) < 4.78 is 58.0. The number of hydrogen-bond donors (Lipinski definition) is 1. The highest BCUT2D eigenvalue weighted by atomic mass is 28.3. The minimum absolute atomic E-state index is 0.0156. The van der Waals surface area contributed by atoms with Gasteiger partial charge < -0.3 is 23.8 Å². The van der Waals surface area contributed by atoms with E-state index in [1.165, 1.54) is 18.7 Å². The van der Waals surface area contributed by atoms with Crippen LogP contribution in [0.5, 0.6) is 11.8 Å². The topological polar surface area (TPSA) is 114 Å². The lowest BCUT2D eigenvalue weighted by Crippen LogP contribution is -2.54. The predicted molar refractivity (Wildman–Crippen MR) is 278 cm³/mol. The number of aromatic nitrogens is 3. The number of carbonyl (C=O) groups is 1. The van der Waals surface area contributed by atoms with Crippen molar-refractivity contribution in [3.05, 3.63) is 89.2 Å². The third kappa shape index (κ3) is 11.4. The molecule has 3 saturated heterocycles. The van der Waals surface area contributed by atoms with Gasteiger partial charge in [-0.3, -0.25) is 14.7 Å². The lowest BCUT2D eigenvalue weighted by molar-refractivity contribution is -0.165. The van der Waals surface area contributed by atoms with Crippen molar-refractivity contribution in [3.8, 4) is 34.5 Å². The highest BCUT2D eigenvalue weighted by Gasteiger charge is 2.48. The zero-order valence-electron chi connectivity index (χ0n) is 43.6. The zero-order chi connectivity index (χ0) is 50.8. The summed E-state index contributed by atoms with van der Waals surface area (Å²) in [6.07, 6.45) is 2.92. The summed E-state index contributed by atoms with van der Waals surface area (Å²) in [5.74, 6) is 2.34. The number of hydrazine groups is 1. The maximum Gasteiger partial charge on any atom is 0.325 e. The molecule has 380 valence electrons. The van der Waals surface area contributed by atoms with Gasteiger partial charge >= 0.3 is 12.0 Å². The van der Waals surface area contributed by atoms with Gasteiger partial charge in [-0.05, 0) is 85.3 Å². The van der Waals surface area contributed by atoms with Crippen LogP contribution in [0.15, 0.2) is 60.8 Å². The minimum Gasteiger partial charge on any atom is -0.468 e. The number of nitrogens with zero attached hydrogens (tertiary/aromatic N) is 6. The van der Waals surface area contributed by atoms with Crippen molar-refractivity contribution in [2.75, 3.05) is 59.8 Å². The number of esters is 1. The van der Waals surface area contributed by atoms with Crippen molar-refractivity contribution in [2.45, 2.75) is 123 Å². The first-order valence-electron chi connectivity index (χ1n) is 25.5. The van der Waals surface area contributed by atoms with Gasteiger partial charge in [-0.15, -0.1) is 5.54 Å². The van der Waals surface area contributed by atoms with Crippen molar-refractivity contribution < 1.29 is 32.5 Å². The van der Waals surface area contributed by atoms with Gasteiger partial charge in [0.2, 0.25) is 0 Å². The molecule has 0 amide bonds. The molecule has 5 aromatic rings.